The van der Waals surface area contributed by atoms with Crippen LogP contribution in [-0.4, -0.2) is 49.6 Å². The number of nitrogens with zero attached hydrogens (tertiary/aromatic N) is 1. The summed E-state index contributed by atoms with van der Waals surface area (Å²) in [5.74, 6) is 0.178. The summed E-state index contributed by atoms with van der Waals surface area (Å²) in [5, 5.41) is 6.30. The first-order valence-corrected chi connectivity index (χ1v) is 7.01. The zero-order valence-corrected chi connectivity index (χ0v) is 13.7. The van der Waals surface area contributed by atoms with E-state index in [1.54, 1.807) is 0 Å². The lowest BCUT2D eigenvalue weighted by Crippen LogP contribution is -2.48. The molecule has 0 aromatic carbocycles. The molecular weight excluding hydrogens is 285 g/mol. The fraction of sp³-hybridized carbons (Fsp3) is 0.923. The van der Waals surface area contributed by atoms with Crippen LogP contribution in [0.5, 0.6) is 0 Å². The van der Waals surface area contributed by atoms with Gasteiger partial charge in [-0.3, -0.25) is 4.79 Å². The second-order valence-corrected chi connectivity index (χ2v) is 4.73. The molecule has 0 spiro atoms. The van der Waals surface area contributed by atoms with E-state index in [0.717, 1.165) is 39.1 Å². The minimum Gasteiger partial charge on any atom is -0.353 e. The van der Waals surface area contributed by atoms with Gasteiger partial charge in [0.15, 0.2) is 0 Å². The molecule has 1 atom stereocenters. The fourth-order valence-corrected chi connectivity index (χ4v) is 2.28. The van der Waals surface area contributed by atoms with Gasteiger partial charge in [0.2, 0.25) is 5.91 Å². The van der Waals surface area contributed by atoms with Crippen molar-refractivity contribution in [2.75, 3.05) is 32.7 Å². The number of piperidine rings is 1. The van der Waals surface area contributed by atoms with Crippen molar-refractivity contribution >= 4 is 30.7 Å². The normalized spacial score (nSPS) is 18.4. The summed E-state index contributed by atoms with van der Waals surface area (Å²) in [5.41, 5.74) is 0. The summed E-state index contributed by atoms with van der Waals surface area (Å²) in [6, 6.07) is 0.0463. The quantitative estimate of drug-likeness (QED) is 0.753. The van der Waals surface area contributed by atoms with E-state index < -0.39 is 0 Å². The van der Waals surface area contributed by atoms with Crippen LogP contribution >= 0.6 is 24.8 Å². The molecule has 4 nitrogen and oxygen atoms in total. The first-order chi connectivity index (χ1) is 8.27. The van der Waals surface area contributed by atoms with Crippen molar-refractivity contribution in [2.45, 2.75) is 45.6 Å². The number of hydrogen-bond donors (Lipinski definition) is 2. The summed E-state index contributed by atoms with van der Waals surface area (Å²) in [6.45, 7) is 9.25. The van der Waals surface area contributed by atoms with E-state index in [9.17, 15) is 4.79 Å². The van der Waals surface area contributed by atoms with Gasteiger partial charge in [-0.1, -0.05) is 20.3 Å². The van der Waals surface area contributed by atoms with Crippen molar-refractivity contribution in [1.82, 2.24) is 15.5 Å². The average Bonchev–Trinajstić information content (AvgIpc) is 2.38. The molecule has 1 unspecified atom stereocenters. The van der Waals surface area contributed by atoms with Gasteiger partial charge in [-0.25, -0.2) is 0 Å². The molecule has 0 saturated carbocycles. The van der Waals surface area contributed by atoms with Crippen LogP contribution in [0.15, 0.2) is 0 Å². The Kier molecular flexibility index (Phi) is 14.5. The van der Waals surface area contributed by atoms with E-state index in [0.29, 0.717) is 0 Å². The molecule has 0 aromatic rings. The van der Waals surface area contributed by atoms with Crippen LogP contribution < -0.4 is 10.6 Å². The Morgan fingerprint density at radius 2 is 2.00 bits per heavy atom. The second kappa shape index (κ2) is 13.0. The number of likely N-dealkylation sites (N-methyl/N-ethyl adjacent to an activating group) is 1. The maximum atomic E-state index is 11.8. The van der Waals surface area contributed by atoms with Crippen LogP contribution in [0, 0.1) is 0 Å². The standard InChI is InChI=1S/C13H27N3O.2ClH/c1-3-10-16(4-2)11-9-15-13(17)12-7-5-6-8-14-12;;/h12,14H,3-11H2,1-2H3,(H,15,17);2*1H. The highest BCUT2D eigenvalue weighted by Crippen LogP contribution is 2.06. The van der Waals surface area contributed by atoms with Gasteiger partial charge in [0, 0.05) is 13.1 Å². The number of hydrogen-bond acceptors (Lipinski definition) is 3. The Balaban J connectivity index is 0. The van der Waals surface area contributed by atoms with E-state index >= 15 is 0 Å². The third-order valence-electron chi connectivity index (χ3n) is 3.34. The molecule has 1 aliphatic rings. The van der Waals surface area contributed by atoms with Crippen molar-refractivity contribution < 1.29 is 4.79 Å². The summed E-state index contributed by atoms with van der Waals surface area (Å²) in [7, 11) is 0. The van der Waals surface area contributed by atoms with Crippen LogP contribution in [0.25, 0.3) is 0 Å². The maximum Gasteiger partial charge on any atom is 0.237 e. The third-order valence-corrected chi connectivity index (χ3v) is 3.34. The number of halogens is 2. The maximum absolute atomic E-state index is 11.8. The number of rotatable bonds is 7. The van der Waals surface area contributed by atoms with Crippen molar-refractivity contribution in [3.63, 3.8) is 0 Å². The summed E-state index contributed by atoms with van der Waals surface area (Å²) >= 11 is 0. The zero-order chi connectivity index (χ0) is 12.5. The molecule has 0 aromatic heterocycles. The second-order valence-electron chi connectivity index (χ2n) is 4.73. The lowest BCUT2D eigenvalue weighted by atomic mass is 10.0. The van der Waals surface area contributed by atoms with E-state index in [-0.39, 0.29) is 36.8 Å². The van der Waals surface area contributed by atoms with Crippen LogP contribution in [0.3, 0.4) is 0 Å². The Hall–Kier alpha value is -0.0300. The zero-order valence-electron chi connectivity index (χ0n) is 12.1. The Morgan fingerprint density at radius 3 is 2.53 bits per heavy atom. The molecule has 1 aliphatic heterocycles. The summed E-state index contributed by atoms with van der Waals surface area (Å²) in [4.78, 5) is 14.2. The van der Waals surface area contributed by atoms with Crippen LogP contribution in [0.2, 0.25) is 0 Å². The lowest BCUT2D eigenvalue weighted by molar-refractivity contribution is -0.123. The molecular formula is C13H29Cl2N3O. The van der Waals surface area contributed by atoms with Crippen LogP contribution in [-0.2, 0) is 4.79 Å². The van der Waals surface area contributed by atoms with E-state index in [4.69, 9.17) is 0 Å². The molecule has 0 radical (unpaired) electrons. The lowest BCUT2D eigenvalue weighted by Gasteiger charge is -2.24. The molecule has 6 heteroatoms. The number of carbonyl (C=O) groups excluding carboxylic acids is 1. The smallest absolute Gasteiger partial charge is 0.237 e. The highest BCUT2D eigenvalue weighted by molar-refractivity contribution is 5.85. The van der Waals surface area contributed by atoms with Crippen molar-refractivity contribution in [3.05, 3.63) is 0 Å². The van der Waals surface area contributed by atoms with Gasteiger partial charge in [0.05, 0.1) is 6.04 Å². The molecule has 1 heterocycles. The van der Waals surface area contributed by atoms with Crippen molar-refractivity contribution in [1.29, 1.82) is 0 Å². The molecule has 19 heavy (non-hydrogen) atoms. The van der Waals surface area contributed by atoms with E-state index in [2.05, 4.69) is 29.4 Å². The van der Waals surface area contributed by atoms with Crippen LogP contribution in [0.4, 0.5) is 0 Å². The molecule has 0 bridgehead atoms. The Labute approximate surface area is 129 Å². The first kappa shape index (κ1) is 21.3. The predicted octanol–water partition coefficient (Wildman–Crippen LogP) is 1.82. The van der Waals surface area contributed by atoms with Gasteiger partial charge in [0.25, 0.3) is 0 Å². The van der Waals surface area contributed by atoms with Crippen molar-refractivity contribution in [3.8, 4) is 0 Å². The van der Waals surface area contributed by atoms with Crippen LogP contribution in [0.1, 0.15) is 39.5 Å². The van der Waals surface area contributed by atoms with Gasteiger partial charge >= 0.3 is 0 Å². The van der Waals surface area contributed by atoms with Gasteiger partial charge < -0.3 is 15.5 Å². The predicted molar refractivity (Wildman–Crippen MR) is 85.6 cm³/mol. The summed E-state index contributed by atoms with van der Waals surface area (Å²) in [6.07, 6.45) is 4.52. The Morgan fingerprint density at radius 1 is 1.26 bits per heavy atom. The minimum absolute atomic E-state index is 0. The Bertz CT molecular complexity index is 224. The number of nitrogens with one attached hydrogen (secondary N) is 2. The minimum atomic E-state index is 0. The molecule has 2 N–H and O–H groups in total. The number of carbonyl (C=O) groups is 1. The summed E-state index contributed by atoms with van der Waals surface area (Å²) < 4.78 is 0. The monoisotopic (exact) mass is 313 g/mol. The number of amides is 1. The van der Waals surface area contributed by atoms with Gasteiger partial charge in [0.1, 0.15) is 0 Å². The first-order valence-electron chi connectivity index (χ1n) is 7.01. The van der Waals surface area contributed by atoms with Gasteiger partial charge in [-0.05, 0) is 38.9 Å². The van der Waals surface area contributed by atoms with E-state index in [1.807, 2.05) is 0 Å². The molecule has 0 aliphatic carbocycles. The average molecular weight is 314 g/mol. The molecule has 1 saturated heterocycles. The molecule has 116 valence electrons. The molecule has 1 amide bonds. The topological polar surface area (TPSA) is 44.4 Å². The largest absolute Gasteiger partial charge is 0.353 e. The van der Waals surface area contributed by atoms with Gasteiger partial charge in [-0.15, -0.1) is 24.8 Å². The van der Waals surface area contributed by atoms with E-state index in [1.165, 1.54) is 19.3 Å². The third kappa shape index (κ3) is 8.69. The SMILES string of the molecule is CCCN(CC)CCNC(=O)C1CCCCN1.Cl.Cl. The highest BCUT2D eigenvalue weighted by atomic mass is 35.5. The fourth-order valence-electron chi connectivity index (χ4n) is 2.28. The molecule has 1 rings (SSSR count). The van der Waals surface area contributed by atoms with Crippen molar-refractivity contribution in [2.24, 2.45) is 0 Å². The molecule has 1 fully saturated rings. The highest BCUT2D eigenvalue weighted by Gasteiger charge is 2.19. The van der Waals surface area contributed by atoms with Gasteiger partial charge in [-0.2, -0.15) is 0 Å².